The van der Waals surface area contributed by atoms with E-state index in [0.717, 1.165) is 44.4 Å². The molecular weight excluding hydrogens is 341 g/mol. The summed E-state index contributed by atoms with van der Waals surface area (Å²) in [4.78, 5) is 0. The van der Waals surface area contributed by atoms with Crippen molar-refractivity contribution < 1.29 is 14.2 Å². The Morgan fingerprint density at radius 2 is 1.89 bits per heavy atom. The Balaban J connectivity index is 1.72. The van der Waals surface area contributed by atoms with Crippen molar-refractivity contribution in [1.82, 2.24) is 5.32 Å². The highest BCUT2D eigenvalue weighted by Gasteiger charge is 2.43. The third-order valence-electron chi connectivity index (χ3n) is 6.04. The smallest absolute Gasteiger partial charge is 0.123 e. The highest BCUT2D eigenvalue weighted by Crippen LogP contribution is 2.45. The van der Waals surface area contributed by atoms with Crippen LogP contribution in [0, 0.1) is 5.82 Å². The Kier molecular flexibility index (Phi) is 6.18. The molecule has 27 heavy (non-hydrogen) atoms. The van der Waals surface area contributed by atoms with Gasteiger partial charge in [0.05, 0.1) is 5.60 Å². The molecule has 2 atom stereocenters. The van der Waals surface area contributed by atoms with Gasteiger partial charge in [0.1, 0.15) is 11.6 Å². The molecule has 1 aliphatic heterocycles. The van der Waals surface area contributed by atoms with Gasteiger partial charge in [-0.3, -0.25) is 0 Å². The molecule has 0 saturated carbocycles. The second kappa shape index (κ2) is 8.41. The second-order valence-electron chi connectivity index (χ2n) is 7.92. The molecule has 0 bridgehead atoms. The maximum absolute atomic E-state index is 13.5. The zero-order valence-electron chi connectivity index (χ0n) is 16.3. The first-order valence-corrected chi connectivity index (χ1v) is 9.84. The fourth-order valence-corrected chi connectivity index (χ4v) is 4.19. The van der Waals surface area contributed by atoms with Gasteiger partial charge in [-0.15, -0.1) is 0 Å². The van der Waals surface area contributed by atoms with Crippen LogP contribution in [0.4, 0.5) is 4.39 Å². The topological polar surface area (TPSA) is 41.5 Å². The molecule has 0 aromatic heterocycles. The molecule has 0 unspecified atom stereocenters. The van der Waals surface area contributed by atoms with Gasteiger partial charge in [-0.25, -0.2) is 4.39 Å². The predicted molar refractivity (Wildman–Crippen MR) is 106 cm³/mol. The van der Waals surface area contributed by atoms with Gasteiger partial charge in [0.2, 0.25) is 0 Å². The van der Waals surface area contributed by atoms with E-state index in [-0.39, 0.29) is 16.8 Å². The van der Waals surface area contributed by atoms with E-state index in [1.54, 1.807) is 18.2 Å². The van der Waals surface area contributed by atoms with Crippen LogP contribution in [0.25, 0.3) is 0 Å². The Labute approximate surface area is 161 Å². The number of phenolic OH excluding ortho intramolecular Hbond substituents is 1. The van der Waals surface area contributed by atoms with Crippen LogP contribution in [-0.4, -0.2) is 23.9 Å². The van der Waals surface area contributed by atoms with Crippen LogP contribution in [0.5, 0.6) is 5.75 Å². The first-order valence-electron chi connectivity index (χ1n) is 9.84. The molecule has 1 aliphatic rings. The van der Waals surface area contributed by atoms with E-state index in [2.05, 4.69) is 19.2 Å². The van der Waals surface area contributed by atoms with Gasteiger partial charge < -0.3 is 15.2 Å². The quantitative estimate of drug-likeness (QED) is 0.678. The van der Waals surface area contributed by atoms with E-state index in [4.69, 9.17) is 4.74 Å². The van der Waals surface area contributed by atoms with E-state index < -0.39 is 0 Å². The minimum atomic E-state index is -0.197. The number of hydrogen-bond donors (Lipinski definition) is 2. The Hall–Kier alpha value is -1.91. The van der Waals surface area contributed by atoms with Crippen LogP contribution in [0.1, 0.15) is 50.7 Å². The molecule has 0 amide bonds. The number of hydrogen-bond acceptors (Lipinski definition) is 3. The molecule has 3 rings (SSSR count). The van der Waals surface area contributed by atoms with Gasteiger partial charge in [0.25, 0.3) is 0 Å². The zero-order valence-corrected chi connectivity index (χ0v) is 16.3. The number of phenols is 1. The summed E-state index contributed by atoms with van der Waals surface area (Å²) in [5.41, 5.74) is 1.92. The molecule has 2 aromatic rings. The molecular formula is C23H30FNO2. The van der Waals surface area contributed by atoms with Crippen molar-refractivity contribution in [1.29, 1.82) is 0 Å². The minimum Gasteiger partial charge on any atom is -0.508 e. The minimum absolute atomic E-state index is 0.0254. The van der Waals surface area contributed by atoms with Gasteiger partial charge in [-0.1, -0.05) is 37.3 Å². The maximum atomic E-state index is 13.5. The number of halogens is 1. The van der Waals surface area contributed by atoms with Crippen molar-refractivity contribution in [3.63, 3.8) is 0 Å². The van der Waals surface area contributed by atoms with E-state index in [0.29, 0.717) is 12.3 Å². The lowest BCUT2D eigenvalue weighted by atomic mass is 9.66. The number of aromatic hydroxyl groups is 1. The fourth-order valence-electron chi connectivity index (χ4n) is 4.19. The predicted octanol–water partition coefficient (Wildman–Crippen LogP) is 4.93. The van der Waals surface area contributed by atoms with Crippen LogP contribution in [-0.2, 0) is 16.7 Å². The van der Waals surface area contributed by atoms with Crippen molar-refractivity contribution in [3.05, 3.63) is 65.5 Å². The first kappa shape index (κ1) is 19.8. The van der Waals surface area contributed by atoms with Crippen molar-refractivity contribution in [2.75, 3.05) is 13.2 Å². The number of rotatable bonds is 7. The Morgan fingerprint density at radius 1 is 1.15 bits per heavy atom. The number of benzene rings is 2. The van der Waals surface area contributed by atoms with Crippen LogP contribution < -0.4 is 5.32 Å². The summed E-state index contributed by atoms with van der Waals surface area (Å²) in [7, 11) is 0. The second-order valence-corrected chi connectivity index (χ2v) is 7.92. The molecule has 1 heterocycles. The lowest BCUT2D eigenvalue weighted by Gasteiger charge is -2.47. The number of para-hydroxylation sites is 1. The molecule has 0 spiro atoms. The summed E-state index contributed by atoms with van der Waals surface area (Å²) in [6.45, 7) is 6.53. The maximum Gasteiger partial charge on any atom is 0.123 e. The van der Waals surface area contributed by atoms with Crippen molar-refractivity contribution in [3.8, 4) is 5.75 Å². The molecule has 2 aromatic carbocycles. The summed E-state index contributed by atoms with van der Waals surface area (Å²) < 4.78 is 19.5. The first-order chi connectivity index (χ1) is 13.0. The third kappa shape index (κ3) is 4.69. The van der Waals surface area contributed by atoms with Gasteiger partial charge in [-0.05, 0) is 62.9 Å². The van der Waals surface area contributed by atoms with Crippen LogP contribution in [0.15, 0.2) is 48.5 Å². The average Bonchev–Trinajstić information content (AvgIpc) is 2.67. The number of nitrogens with one attached hydrogen (secondary N) is 1. The standard InChI is InChI=1S/C23H30FNO2/c1-3-22(2)17-23(13-15-27-22,19-8-10-20(24)11-9-19)12-14-25-16-18-6-4-5-7-21(18)26/h4-11,25-26H,3,12-17H2,1-2H3/t22-,23+/m1/s1. The number of ether oxygens (including phenoxy) is 1. The lowest BCUT2D eigenvalue weighted by molar-refractivity contribution is -0.0979. The van der Waals surface area contributed by atoms with Gasteiger partial charge >= 0.3 is 0 Å². The van der Waals surface area contributed by atoms with Gasteiger partial charge in [-0.2, -0.15) is 0 Å². The average molecular weight is 371 g/mol. The normalized spacial score (nSPS) is 25.4. The van der Waals surface area contributed by atoms with E-state index >= 15 is 0 Å². The third-order valence-corrected chi connectivity index (χ3v) is 6.04. The van der Waals surface area contributed by atoms with Crippen molar-refractivity contribution in [2.45, 2.75) is 57.1 Å². The summed E-state index contributed by atoms with van der Waals surface area (Å²) in [6, 6.07) is 14.4. The summed E-state index contributed by atoms with van der Waals surface area (Å²) in [6.07, 6.45) is 3.78. The fraction of sp³-hybridized carbons (Fsp3) is 0.478. The summed E-state index contributed by atoms with van der Waals surface area (Å²) >= 11 is 0. The molecule has 1 saturated heterocycles. The van der Waals surface area contributed by atoms with Crippen LogP contribution in [0.3, 0.4) is 0 Å². The molecule has 0 radical (unpaired) electrons. The molecule has 1 fully saturated rings. The lowest BCUT2D eigenvalue weighted by Crippen LogP contribution is -2.46. The molecule has 3 nitrogen and oxygen atoms in total. The summed E-state index contributed by atoms with van der Waals surface area (Å²) in [5, 5.41) is 13.4. The Morgan fingerprint density at radius 3 is 2.59 bits per heavy atom. The van der Waals surface area contributed by atoms with E-state index in [9.17, 15) is 9.50 Å². The summed E-state index contributed by atoms with van der Waals surface area (Å²) in [5.74, 6) is 0.125. The van der Waals surface area contributed by atoms with Gasteiger partial charge in [0, 0.05) is 24.1 Å². The van der Waals surface area contributed by atoms with E-state index in [1.165, 1.54) is 5.56 Å². The molecule has 146 valence electrons. The van der Waals surface area contributed by atoms with E-state index in [1.807, 2.05) is 30.3 Å². The monoisotopic (exact) mass is 371 g/mol. The van der Waals surface area contributed by atoms with Crippen molar-refractivity contribution >= 4 is 0 Å². The molecule has 0 aliphatic carbocycles. The van der Waals surface area contributed by atoms with Crippen molar-refractivity contribution in [2.24, 2.45) is 0 Å². The van der Waals surface area contributed by atoms with Gasteiger partial charge in [0.15, 0.2) is 0 Å². The Bertz CT molecular complexity index is 748. The largest absolute Gasteiger partial charge is 0.508 e. The highest BCUT2D eigenvalue weighted by atomic mass is 19.1. The van der Waals surface area contributed by atoms with Crippen LogP contribution >= 0.6 is 0 Å². The molecule has 2 N–H and O–H groups in total. The van der Waals surface area contributed by atoms with Crippen LogP contribution in [0.2, 0.25) is 0 Å². The molecule has 4 heteroatoms. The zero-order chi connectivity index (χ0) is 19.3. The SMILES string of the molecule is CC[C@]1(C)C[C@@](CCNCc2ccccc2O)(c2ccc(F)cc2)CCO1. The highest BCUT2D eigenvalue weighted by molar-refractivity contribution is 5.31.